The quantitative estimate of drug-likeness (QED) is 0.688. The lowest BCUT2D eigenvalue weighted by molar-refractivity contribution is -0.144. The van der Waals surface area contributed by atoms with Crippen LogP contribution in [0, 0.1) is 0 Å². The Morgan fingerprint density at radius 2 is 2.33 bits per heavy atom. The largest absolute Gasteiger partial charge is 0.476 e. The highest BCUT2D eigenvalue weighted by molar-refractivity contribution is 5.84. The van der Waals surface area contributed by atoms with Crippen molar-refractivity contribution in [3.63, 3.8) is 0 Å². The summed E-state index contributed by atoms with van der Waals surface area (Å²) in [6.45, 7) is 2.10. The highest BCUT2D eigenvalue weighted by atomic mass is 16.5. The molecule has 0 unspecified atom stereocenters. The molecule has 0 aliphatic rings. The maximum absolute atomic E-state index is 11.1. The van der Waals surface area contributed by atoms with Crippen LogP contribution in [-0.2, 0) is 16.1 Å². The number of nitrogens with zero attached hydrogens (tertiary/aromatic N) is 3. The average molecular weight is 213 g/mol. The molecule has 0 amide bonds. The van der Waals surface area contributed by atoms with Gasteiger partial charge in [0.15, 0.2) is 5.69 Å². The van der Waals surface area contributed by atoms with Crippen molar-refractivity contribution < 1.29 is 19.4 Å². The van der Waals surface area contributed by atoms with Crippen LogP contribution in [0.3, 0.4) is 0 Å². The molecule has 0 aromatic carbocycles. The summed E-state index contributed by atoms with van der Waals surface area (Å²) in [6.07, 6.45) is 1.92. The van der Waals surface area contributed by atoms with Crippen molar-refractivity contribution in [3.05, 3.63) is 11.9 Å². The molecule has 0 spiro atoms. The SMILES string of the molecule is CCCOC(=O)Cn1cc(C(=O)O)nn1. The van der Waals surface area contributed by atoms with E-state index < -0.39 is 11.9 Å². The minimum atomic E-state index is -1.18. The molecule has 0 fully saturated rings. The maximum Gasteiger partial charge on any atom is 0.358 e. The first-order chi connectivity index (χ1) is 7.13. The summed E-state index contributed by atoms with van der Waals surface area (Å²) in [5.41, 5.74) is -0.196. The minimum Gasteiger partial charge on any atom is -0.476 e. The average Bonchev–Trinajstić information content (AvgIpc) is 2.63. The Bertz CT molecular complexity index is 361. The Morgan fingerprint density at radius 3 is 2.87 bits per heavy atom. The fourth-order valence-corrected chi connectivity index (χ4v) is 0.867. The fourth-order valence-electron chi connectivity index (χ4n) is 0.867. The molecule has 7 heteroatoms. The summed E-state index contributed by atoms with van der Waals surface area (Å²) in [7, 11) is 0. The van der Waals surface area contributed by atoms with Gasteiger partial charge in [-0.15, -0.1) is 5.10 Å². The summed E-state index contributed by atoms with van der Waals surface area (Å²) in [4.78, 5) is 21.5. The van der Waals surface area contributed by atoms with Crippen LogP contribution in [0.25, 0.3) is 0 Å². The third kappa shape index (κ3) is 3.37. The second-order valence-corrected chi connectivity index (χ2v) is 2.83. The van der Waals surface area contributed by atoms with Gasteiger partial charge in [0.25, 0.3) is 0 Å². The Kier molecular flexibility index (Phi) is 3.78. The van der Waals surface area contributed by atoms with Gasteiger partial charge in [-0.3, -0.25) is 4.79 Å². The van der Waals surface area contributed by atoms with Crippen LogP contribution in [-0.4, -0.2) is 38.6 Å². The van der Waals surface area contributed by atoms with E-state index in [2.05, 4.69) is 10.3 Å². The van der Waals surface area contributed by atoms with E-state index >= 15 is 0 Å². The van der Waals surface area contributed by atoms with Crippen molar-refractivity contribution in [2.24, 2.45) is 0 Å². The molecule has 0 aliphatic heterocycles. The second kappa shape index (κ2) is 5.08. The number of carbonyl (C=O) groups is 2. The molecule has 7 nitrogen and oxygen atoms in total. The number of carboxylic acids is 1. The third-order valence-corrected chi connectivity index (χ3v) is 1.52. The van der Waals surface area contributed by atoms with Gasteiger partial charge in [0.1, 0.15) is 6.54 Å². The fraction of sp³-hybridized carbons (Fsp3) is 0.500. The summed E-state index contributed by atoms with van der Waals surface area (Å²) < 4.78 is 5.92. The van der Waals surface area contributed by atoms with Gasteiger partial charge in [-0.05, 0) is 6.42 Å². The lowest BCUT2D eigenvalue weighted by atomic mass is 10.5. The molecule has 0 saturated heterocycles. The molecular weight excluding hydrogens is 202 g/mol. The molecule has 0 atom stereocenters. The van der Waals surface area contributed by atoms with Crippen molar-refractivity contribution in [2.75, 3.05) is 6.61 Å². The Hall–Kier alpha value is -1.92. The van der Waals surface area contributed by atoms with Gasteiger partial charge in [-0.2, -0.15) is 0 Å². The van der Waals surface area contributed by atoms with Crippen LogP contribution in [0.5, 0.6) is 0 Å². The molecule has 1 aromatic heterocycles. The van der Waals surface area contributed by atoms with E-state index in [9.17, 15) is 9.59 Å². The summed E-state index contributed by atoms with van der Waals surface area (Å²) in [5, 5.41) is 15.4. The molecule has 1 rings (SSSR count). The van der Waals surface area contributed by atoms with E-state index in [1.54, 1.807) is 0 Å². The Labute approximate surface area is 85.6 Å². The number of ether oxygens (including phenoxy) is 1. The number of aromatic nitrogens is 3. The first-order valence-corrected chi connectivity index (χ1v) is 4.42. The molecule has 0 bridgehead atoms. The van der Waals surface area contributed by atoms with E-state index in [1.165, 1.54) is 6.20 Å². The number of hydrogen-bond acceptors (Lipinski definition) is 5. The highest BCUT2D eigenvalue weighted by Gasteiger charge is 2.10. The van der Waals surface area contributed by atoms with Crippen LogP contribution in [0.15, 0.2) is 6.20 Å². The van der Waals surface area contributed by atoms with Gasteiger partial charge < -0.3 is 9.84 Å². The van der Waals surface area contributed by atoms with E-state index in [1.807, 2.05) is 6.92 Å². The van der Waals surface area contributed by atoms with Gasteiger partial charge in [-0.25, -0.2) is 9.48 Å². The van der Waals surface area contributed by atoms with Gasteiger partial charge in [0.05, 0.1) is 12.8 Å². The first-order valence-electron chi connectivity index (χ1n) is 4.42. The lowest BCUT2D eigenvalue weighted by Gasteiger charge is -2.01. The molecule has 1 N–H and O–H groups in total. The predicted octanol–water partition coefficient (Wildman–Crippen LogP) is -0.0705. The Morgan fingerprint density at radius 1 is 1.60 bits per heavy atom. The first kappa shape index (κ1) is 11.2. The summed E-state index contributed by atoms with van der Waals surface area (Å²) in [5.74, 6) is -1.64. The van der Waals surface area contributed by atoms with Crippen molar-refractivity contribution in [2.45, 2.75) is 19.9 Å². The monoisotopic (exact) mass is 213 g/mol. The zero-order valence-corrected chi connectivity index (χ0v) is 8.21. The van der Waals surface area contributed by atoms with E-state index in [0.717, 1.165) is 11.1 Å². The summed E-state index contributed by atoms with van der Waals surface area (Å²) in [6, 6.07) is 0. The Balaban J connectivity index is 2.50. The van der Waals surface area contributed by atoms with E-state index in [4.69, 9.17) is 9.84 Å². The second-order valence-electron chi connectivity index (χ2n) is 2.83. The predicted molar refractivity (Wildman–Crippen MR) is 48.2 cm³/mol. The topological polar surface area (TPSA) is 94.3 Å². The molecule has 0 aliphatic carbocycles. The smallest absolute Gasteiger partial charge is 0.358 e. The van der Waals surface area contributed by atoms with Gasteiger partial charge in [0.2, 0.25) is 0 Å². The number of hydrogen-bond donors (Lipinski definition) is 1. The molecule has 82 valence electrons. The van der Waals surface area contributed by atoms with Crippen LogP contribution in [0.4, 0.5) is 0 Å². The standard InChI is InChI=1S/C8H11N3O4/c1-2-3-15-7(12)5-11-4-6(8(13)14)9-10-11/h4H,2-3,5H2,1H3,(H,13,14). The number of carboxylic acid groups (broad SMARTS) is 1. The van der Waals surface area contributed by atoms with Crippen molar-refractivity contribution in [1.29, 1.82) is 0 Å². The highest BCUT2D eigenvalue weighted by Crippen LogP contribution is 1.94. The third-order valence-electron chi connectivity index (χ3n) is 1.52. The lowest BCUT2D eigenvalue weighted by Crippen LogP contribution is -2.14. The number of aromatic carboxylic acids is 1. The van der Waals surface area contributed by atoms with Crippen molar-refractivity contribution in [1.82, 2.24) is 15.0 Å². The molecular formula is C8H11N3O4. The summed E-state index contributed by atoms with van der Waals surface area (Å²) >= 11 is 0. The van der Waals surface area contributed by atoms with E-state index in [-0.39, 0.29) is 12.2 Å². The number of rotatable bonds is 5. The molecule has 0 saturated carbocycles. The van der Waals surface area contributed by atoms with Crippen molar-refractivity contribution >= 4 is 11.9 Å². The van der Waals surface area contributed by atoms with Crippen LogP contribution >= 0.6 is 0 Å². The maximum atomic E-state index is 11.1. The van der Waals surface area contributed by atoms with Crippen LogP contribution < -0.4 is 0 Å². The zero-order chi connectivity index (χ0) is 11.3. The van der Waals surface area contributed by atoms with Crippen molar-refractivity contribution in [3.8, 4) is 0 Å². The molecule has 0 radical (unpaired) electrons. The number of esters is 1. The zero-order valence-electron chi connectivity index (χ0n) is 8.21. The van der Waals surface area contributed by atoms with Gasteiger partial charge >= 0.3 is 11.9 Å². The number of carbonyl (C=O) groups excluding carboxylic acids is 1. The molecule has 15 heavy (non-hydrogen) atoms. The van der Waals surface area contributed by atoms with Crippen LogP contribution in [0.1, 0.15) is 23.8 Å². The normalized spacial score (nSPS) is 9.93. The molecule has 1 heterocycles. The van der Waals surface area contributed by atoms with Gasteiger partial charge in [0, 0.05) is 0 Å². The molecule has 1 aromatic rings. The minimum absolute atomic E-state index is 0.125. The van der Waals surface area contributed by atoms with E-state index in [0.29, 0.717) is 6.61 Å². The van der Waals surface area contributed by atoms with Gasteiger partial charge in [-0.1, -0.05) is 12.1 Å². The van der Waals surface area contributed by atoms with Crippen LogP contribution in [0.2, 0.25) is 0 Å².